The third-order valence-electron chi connectivity index (χ3n) is 5.33. The maximum atomic E-state index is 12.9. The van der Waals surface area contributed by atoms with Crippen LogP contribution in [0.25, 0.3) is 16.9 Å². The van der Waals surface area contributed by atoms with E-state index in [1.807, 2.05) is 0 Å². The fraction of sp³-hybridized carbons (Fsp3) is 0.227. The van der Waals surface area contributed by atoms with Crippen molar-refractivity contribution in [3.8, 4) is 22.7 Å². The quantitative estimate of drug-likeness (QED) is 0.358. The van der Waals surface area contributed by atoms with Crippen LogP contribution in [-0.2, 0) is 20.9 Å². The molecule has 3 N–H and O–H groups in total. The number of fused-ring (bicyclic) bond motifs is 1. The molecule has 1 amide bonds. The van der Waals surface area contributed by atoms with E-state index in [2.05, 4.69) is 20.1 Å². The van der Waals surface area contributed by atoms with Crippen LogP contribution >= 0.6 is 0 Å². The predicted molar refractivity (Wildman–Crippen MR) is 119 cm³/mol. The average molecular weight is 540 g/mol. The molecule has 2 aromatic heterocycles. The Bertz CT molecular complexity index is 1510. The van der Waals surface area contributed by atoms with Gasteiger partial charge >= 0.3 is 30.0 Å². The van der Waals surface area contributed by atoms with E-state index in [4.69, 9.17) is 10.5 Å². The molecule has 0 aliphatic carbocycles. The number of esters is 1. The number of carbonyl (C=O) groups excluding carboxylic acids is 2. The number of ether oxygens (including phenoxy) is 2. The molecule has 3 heterocycles. The Balaban J connectivity index is 1.56. The first kappa shape index (κ1) is 26.5. The van der Waals surface area contributed by atoms with E-state index in [-0.39, 0.29) is 17.3 Å². The van der Waals surface area contributed by atoms with Crippen molar-refractivity contribution in [2.75, 3.05) is 11.9 Å². The van der Waals surface area contributed by atoms with Crippen LogP contribution in [0.4, 0.5) is 27.6 Å². The third kappa shape index (κ3) is 5.24. The normalized spacial score (nSPS) is 14.8. The number of hydrogen-bond acceptors (Lipinski definition) is 8. The van der Waals surface area contributed by atoms with Crippen LogP contribution in [-0.4, -0.2) is 50.2 Å². The highest BCUT2D eigenvalue weighted by Gasteiger charge is 2.45. The van der Waals surface area contributed by atoms with Crippen molar-refractivity contribution in [3.63, 3.8) is 0 Å². The zero-order valence-electron chi connectivity index (χ0n) is 19.3. The van der Waals surface area contributed by atoms with Crippen LogP contribution in [0.3, 0.4) is 0 Å². The topological polar surface area (TPSA) is 143 Å². The fourth-order valence-corrected chi connectivity index (χ4v) is 3.46. The van der Waals surface area contributed by atoms with Crippen molar-refractivity contribution in [1.82, 2.24) is 19.3 Å². The Morgan fingerprint density at radius 1 is 1.21 bits per heavy atom. The number of halogens is 5. The van der Waals surface area contributed by atoms with Crippen molar-refractivity contribution in [2.45, 2.75) is 25.9 Å². The number of pyridine rings is 1. The first-order valence-corrected chi connectivity index (χ1v) is 10.6. The smallest absolute Gasteiger partial charge is 0.444 e. The standard InChI is InChI=1S/C22H17F5N6O5/c1-10-4-12(7-29-17(10)32-9-30-33(21(32)36)8-13(6-28)16(23)24)11-2-3-15-14(5-11)31-18(34)19(37-15)38-20(35)22(25,26)27/h2-5,7,9,19H,6,8,28H2,1H3,(H,31,34). The second-order valence-corrected chi connectivity index (χ2v) is 7.93. The molecule has 0 radical (unpaired) electrons. The molecule has 0 fully saturated rings. The lowest BCUT2D eigenvalue weighted by atomic mass is 10.0. The molecule has 1 aromatic carbocycles. The van der Waals surface area contributed by atoms with Crippen molar-refractivity contribution in [1.29, 1.82) is 0 Å². The van der Waals surface area contributed by atoms with E-state index >= 15 is 0 Å². The molecule has 3 aromatic rings. The van der Waals surface area contributed by atoms with Gasteiger partial charge in [0.05, 0.1) is 12.2 Å². The minimum atomic E-state index is -5.30. The van der Waals surface area contributed by atoms with Gasteiger partial charge in [-0.15, -0.1) is 0 Å². The minimum Gasteiger partial charge on any atom is -0.444 e. The number of nitrogens with one attached hydrogen (secondary N) is 1. The number of amides is 1. The number of carbonyl (C=O) groups is 2. The van der Waals surface area contributed by atoms with E-state index in [0.717, 1.165) is 15.6 Å². The number of aromatic nitrogens is 4. The van der Waals surface area contributed by atoms with Gasteiger partial charge in [-0.2, -0.15) is 27.1 Å². The number of aryl methyl sites for hydroxylation is 1. The molecule has 16 heteroatoms. The summed E-state index contributed by atoms with van der Waals surface area (Å²) >= 11 is 0. The van der Waals surface area contributed by atoms with Crippen LogP contribution in [0.5, 0.6) is 5.75 Å². The van der Waals surface area contributed by atoms with Gasteiger partial charge in [0.2, 0.25) is 0 Å². The Morgan fingerprint density at radius 2 is 1.95 bits per heavy atom. The summed E-state index contributed by atoms with van der Waals surface area (Å²) < 4.78 is 74.2. The summed E-state index contributed by atoms with van der Waals surface area (Å²) in [5, 5.41) is 6.15. The van der Waals surface area contributed by atoms with Gasteiger partial charge in [0.25, 0.3) is 6.08 Å². The van der Waals surface area contributed by atoms with E-state index in [1.165, 1.54) is 24.4 Å². The zero-order chi connectivity index (χ0) is 27.8. The van der Waals surface area contributed by atoms with E-state index < -0.39 is 54.8 Å². The molecule has 1 atom stereocenters. The van der Waals surface area contributed by atoms with Gasteiger partial charge in [0.1, 0.15) is 17.9 Å². The molecule has 200 valence electrons. The number of alkyl halides is 3. The lowest BCUT2D eigenvalue weighted by Crippen LogP contribution is -2.43. The Morgan fingerprint density at radius 3 is 2.58 bits per heavy atom. The highest BCUT2D eigenvalue weighted by Crippen LogP contribution is 2.35. The van der Waals surface area contributed by atoms with Crippen LogP contribution in [0.1, 0.15) is 5.56 Å². The Hall–Kier alpha value is -4.60. The van der Waals surface area contributed by atoms with Crippen molar-refractivity contribution < 1.29 is 41.0 Å². The number of nitrogens with two attached hydrogens (primary N) is 1. The molecule has 1 unspecified atom stereocenters. The highest BCUT2D eigenvalue weighted by molar-refractivity contribution is 5.98. The summed E-state index contributed by atoms with van der Waals surface area (Å²) in [5.41, 5.74) is 5.79. The molecular weight excluding hydrogens is 523 g/mol. The molecule has 1 aliphatic rings. The lowest BCUT2D eigenvalue weighted by molar-refractivity contribution is -0.215. The van der Waals surface area contributed by atoms with Crippen molar-refractivity contribution in [3.05, 3.63) is 64.5 Å². The van der Waals surface area contributed by atoms with E-state index in [1.54, 1.807) is 13.0 Å². The summed E-state index contributed by atoms with van der Waals surface area (Å²) in [7, 11) is 0. The molecule has 1 aliphatic heterocycles. The summed E-state index contributed by atoms with van der Waals surface area (Å²) in [6.07, 6.45) is -6.87. The maximum absolute atomic E-state index is 12.9. The van der Waals surface area contributed by atoms with E-state index in [9.17, 15) is 36.3 Å². The third-order valence-corrected chi connectivity index (χ3v) is 5.33. The van der Waals surface area contributed by atoms with E-state index in [0.29, 0.717) is 16.7 Å². The molecule has 0 saturated heterocycles. The van der Waals surface area contributed by atoms with Crippen LogP contribution in [0.15, 0.2) is 53.2 Å². The molecule has 0 bridgehead atoms. The average Bonchev–Trinajstić information content (AvgIpc) is 3.21. The molecule has 0 saturated carbocycles. The van der Waals surface area contributed by atoms with Crippen LogP contribution < -0.4 is 21.5 Å². The summed E-state index contributed by atoms with van der Waals surface area (Å²) in [6, 6.07) is 5.98. The molecule has 38 heavy (non-hydrogen) atoms. The number of rotatable bonds is 6. The molecule has 0 spiro atoms. The van der Waals surface area contributed by atoms with Crippen molar-refractivity contribution in [2.24, 2.45) is 5.73 Å². The molecule has 4 rings (SSSR count). The van der Waals surface area contributed by atoms with Crippen LogP contribution in [0, 0.1) is 6.92 Å². The largest absolute Gasteiger partial charge is 0.491 e. The SMILES string of the molecule is Cc1cc(-c2ccc3c(c2)NC(=O)C(OC(=O)C(F)(F)F)O3)cnc1-n1cnn(CC(CN)=C(F)F)c1=O. The Kier molecular flexibility index (Phi) is 6.99. The van der Waals surface area contributed by atoms with Crippen molar-refractivity contribution >= 4 is 17.6 Å². The second kappa shape index (κ2) is 10.0. The van der Waals surface area contributed by atoms with Gasteiger partial charge in [-0.3, -0.25) is 4.79 Å². The van der Waals surface area contributed by atoms with Gasteiger partial charge in [0.15, 0.2) is 0 Å². The summed E-state index contributed by atoms with van der Waals surface area (Å²) in [4.78, 5) is 40.0. The highest BCUT2D eigenvalue weighted by atomic mass is 19.4. The Labute approximate surface area is 209 Å². The first-order valence-electron chi connectivity index (χ1n) is 10.6. The minimum absolute atomic E-state index is 0.0378. The number of hydrogen-bond donors (Lipinski definition) is 2. The monoisotopic (exact) mass is 540 g/mol. The maximum Gasteiger partial charge on any atom is 0.491 e. The van der Waals surface area contributed by atoms with Gasteiger partial charge in [-0.1, -0.05) is 6.07 Å². The number of anilines is 1. The number of benzene rings is 1. The second-order valence-electron chi connectivity index (χ2n) is 7.93. The van der Waals surface area contributed by atoms with Gasteiger partial charge in [-0.05, 0) is 36.2 Å². The predicted octanol–water partition coefficient (Wildman–Crippen LogP) is 2.28. The van der Waals surface area contributed by atoms with Gasteiger partial charge in [-0.25, -0.2) is 23.8 Å². The molecule has 11 nitrogen and oxygen atoms in total. The summed E-state index contributed by atoms with van der Waals surface area (Å²) in [6.45, 7) is 0.713. The van der Waals surface area contributed by atoms with Gasteiger partial charge < -0.3 is 20.5 Å². The van der Waals surface area contributed by atoms with Crippen LogP contribution in [0.2, 0.25) is 0 Å². The summed E-state index contributed by atoms with van der Waals surface area (Å²) in [5.74, 6) is -3.54. The first-order chi connectivity index (χ1) is 17.9. The molecular formula is C22H17F5N6O5. The number of nitrogens with zero attached hydrogens (tertiary/aromatic N) is 4. The lowest BCUT2D eigenvalue weighted by Gasteiger charge is -2.26. The zero-order valence-corrected chi connectivity index (χ0v) is 19.3. The fourth-order valence-electron chi connectivity index (χ4n) is 3.46. The van der Waals surface area contributed by atoms with Gasteiger partial charge in [0, 0.05) is 23.9 Å².